The Balaban J connectivity index is 3.01. The van der Waals surface area contributed by atoms with Gasteiger partial charge in [0.25, 0.3) is 0 Å². The van der Waals surface area contributed by atoms with Crippen LogP contribution in [0.15, 0.2) is 0 Å². The Morgan fingerprint density at radius 2 is 1.75 bits per heavy atom. The second-order valence-corrected chi connectivity index (χ2v) is 5.95. The van der Waals surface area contributed by atoms with E-state index in [1.165, 1.54) is 20.8 Å². The Kier molecular flexibility index (Phi) is 8.14. The zero-order valence-corrected chi connectivity index (χ0v) is 14.6. The van der Waals surface area contributed by atoms with Gasteiger partial charge in [-0.25, -0.2) is 0 Å². The van der Waals surface area contributed by atoms with Crippen molar-refractivity contribution in [2.75, 3.05) is 19.8 Å². The van der Waals surface area contributed by atoms with Crippen molar-refractivity contribution < 1.29 is 33.7 Å². The lowest BCUT2D eigenvalue weighted by molar-refractivity contribution is -0.211. The van der Waals surface area contributed by atoms with Gasteiger partial charge >= 0.3 is 11.9 Å². The monoisotopic (exact) mass is 345 g/mol. The van der Waals surface area contributed by atoms with Gasteiger partial charge in [0.1, 0.15) is 12.7 Å². The molecule has 0 aromatic carbocycles. The van der Waals surface area contributed by atoms with Gasteiger partial charge in [-0.15, -0.1) is 0 Å². The summed E-state index contributed by atoms with van der Waals surface area (Å²) in [6.45, 7) is 5.86. The Bertz CT molecular complexity index is 454. The standard InChI is InChI=1S/C16H27NO7/c1-5-12-15(8-22-10(3)20)24-14(7-18)13(6-17-9(2)19)16(12)23-11(4)21/h12-16,18H,5-8H2,1-4H3,(H,17,19)/t12-,13?,14+,15?,16?/m1/s1. The minimum absolute atomic E-state index is 0.0228. The third-order valence-electron chi connectivity index (χ3n) is 4.14. The number of aliphatic hydroxyl groups excluding tert-OH is 1. The first kappa shape index (κ1) is 20.4. The molecule has 1 heterocycles. The third-order valence-corrected chi connectivity index (χ3v) is 4.14. The SMILES string of the molecule is CC[C@@H]1C(COC(C)=O)O[C@@H](CO)C(CNC(C)=O)C1OC(C)=O. The van der Waals surface area contributed by atoms with Gasteiger partial charge in [-0.1, -0.05) is 6.92 Å². The molecule has 1 rings (SSSR count). The van der Waals surface area contributed by atoms with Crippen LogP contribution in [0, 0.1) is 11.8 Å². The number of nitrogens with one attached hydrogen (secondary N) is 1. The van der Waals surface area contributed by atoms with Crippen LogP contribution in [-0.2, 0) is 28.6 Å². The summed E-state index contributed by atoms with van der Waals surface area (Å²) < 4.78 is 16.4. The summed E-state index contributed by atoms with van der Waals surface area (Å²) in [7, 11) is 0. The summed E-state index contributed by atoms with van der Waals surface area (Å²) in [5.41, 5.74) is 0. The lowest BCUT2D eigenvalue weighted by Crippen LogP contribution is -2.57. The fourth-order valence-electron chi connectivity index (χ4n) is 3.08. The fraction of sp³-hybridized carbons (Fsp3) is 0.812. The highest BCUT2D eigenvalue weighted by atomic mass is 16.6. The molecule has 138 valence electrons. The molecule has 8 nitrogen and oxygen atoms in total. The smallest absolute Gasteiger partial charge is 0.302 e. The van der Waals surface area contributed by atoms with Crippen molar-refractivity contribution >= 4 is 17.8 Å². The summed E-state index contributed by atoms with van der Waals surface area (Å²) in [6, 6.07) is 0. The molecule has 1 saturated heterocycles. The quantitative estimate of drug-likeness (QED) is 0.626. The van der Waals surface area contributed by atoms with Crippen molar-refractivity contribution in [3.05, 3.63) is 0 Å². The minimum atomic E-state index is -0.635. The van der Waals surface area contributed by atoms with Crippen LogP contribution in [0.1, 0.15) is 34.1 Å². The number of amides is 1. The molecule has 24 heavy (non-hydrogen) atoms. The first-order valence-corrected chi connectivity index (χ1v) is 8.11. The first-order chi connectivity index (χ1) is 11.3. The van der Waals surface area contributed by atoms with Gasteiger partial charge in [-0.2, -0.15) is 0 Å². The van der Waals surface area contributed by atoms with Gasteiger partial charge in [-0.3, -0.25) is 14.4 Å². The normalized spacial score (nSPS) is 29.6. The van der Waals surface area contributed by atoms with E-state index in [4.69, 9.17) is 14.2 Å². The van der Waals surface area contributed by atoms with Gasteiger partial charge in [0.2, 0.25) is 5.91 Å². The molecule has 0 saturated carbocycles. The molecule has 0 aromatic heterocycles. The van der Waals surface area contributed by atoms with Crippen LogP contribution in [0.25, 0.3) is 0 Å². The molecule has 8 heteroatoms. The van der Waals surface area contributed by atoms with E-state index in [1.54, 1.807) is 0 Å². The maximum Gasteiger partial charge on any atom is 0.302 e. The van der Waals surface area contributed by atoms with Crippen molar-refractivity contribution in [3.63, 3.8) is 0 Å². The minimum Gasteiger partial charge on any atom is -0.463 e. The number of carbonyl (C=O) groups excluding carboxylic acids is 3. The molecule has 0 spiro atoms. The van der Waals surface area contributed by atoms with Gasteiger partial charge in [0.05, 0.1) is 18.8 Å². The number of carbonyl (C=O) groups is 3. The maximum absolute atomic E-state index is 11.5. The highest BCUT2D eigenvalue weighted by molar-refractivity contribution is 5.72. The van der Waals surface area contributed by atoms with Crippen LogP contribution in [-0.4, -0.2) is 61.0 Å². The Morgan fingerprint density at radius 1 is 1.08 bits per heavy atom. The average molecular weight is 345 g/mol. The van der Waals surface area contributed by atoms with E-state index in [-0.39, 0.29) is 37.5 Å². The van der Waals surface area contributed by atoms with Crippen molar-refractivity contribution in [2.45, 2.75) is 52.4 Å². The number of rotatable bonds is 7. The molecular formula is C16H27NO7. The summed E-state index contributed by atoms with van der Waals surface area (Å²) in [6.07, 6.45) is -1.05. The van der Waals surface area contributed by atoms with Crippen LogP contribution in [0.3, 0.4) is 0 Å². The van der Waals surface area contributed by atoms with Gasteiger partial charge < -0.3 is 24.6 Å². The fourth-order valence-corrected chi connectivity index (χ4v) is 3.08. The average Bonchev–Trinajstić information content (AvgIpc) is 2.50. The molecular weight excluding hydrogens is 318 g/mol. The van der Waals surface area contributed by atoms with E-state index in [0.29, 0.717) is 6.42 Å². The molecule has 3 unspecified atom stereocenters. The molecule has 1 fully saturated rings. The Labute approximate surface area is 141 Å². The largest absolute Gasteiger partial charge is 0.463 e. The van der Waals surface area contributed by atoms with Crippen LogP contribution in [0.2, 0.25) is 0 Å². The maximum atomic E-state index is 11.5. The predicted octanol–water partition coefficient (Wildman–Crippen LogP) is 0.0194. The summed E-state index contributed by atoms with van der Waals surface area (Å²) in [5, 5.41) is 12.3. The molecule has 0 aliphatic carbocycles. The topological polar surface area (TPSA) is 111 Å². The van der Waals surface area contributed by atoms with E-state index in [1.807, 2.05) is 6.92 Å². The zero-order chi connectivity index (χ0) is 18.3. The predicted molar refractivity (Wildman–Crippen MR) is 83.9 cm³/mol. The molecule has 0 radical (unpaired) electrons. The summed E-state index contributed by atoms with van der Waals surface area (Å²) in [5.74, 6) is -1.70. The number of esters is 2. The van der Waals surface area contributed by atoms with Crippen LogP contribution in [0.4, 0.5) is 0 Å². The van der Waals surface area contributed by atoms with Crippen molar-refractivity contribution in [1.29, 1.82) is 0 Å². The zero-order valence-electron chi connectivity index (χ0n) is 14.6. The Hall–Kier alpha value is -1.67. The molecule has 0 aromatic rings. The van der Waals surface area contributed by atoms with Crippen LogP contribution >= 0.6 is 0 Å². The number of hydrogen-bond donors (Lipinski definition) is 2. The van der Waals surface area contributed by atoms with Crippen molar-refractivity contribution in [1.82, 2.24) is 5.32 Å². The van der Waals surface area contributed by atoms with Crippen LogP contribution in [0.5, 0.6) is 0 Å². The van der Waals surface area contributed by atoms with E-state index in [2.05, 4.69) is 5.32 Å². The second kappa shape index (κ2) is 9.58. The lowest BCUT2D eigenvalue weighted by atomic mass is 9.79. The molecule has 1 aliphatic heterocycles. The van der Waals surface area contributed by atoms with Gasteiger partial charge in [-0.05, 0) is 6.42 Å². The number of hydrogen-bond acceptors (Lipinski definition) is 7. The van der Waals surface area contributed by atoms with Gasteiger partial charge in [0, 0.05) is 39.2 Å². The number of ether oxygens (including phenoxy) is 3. The van der Waals surface area contributed by atoms with Crippen LogP contribution < -0.4 is 5.32 Å². The molecule has 1 amide bonds. The summed E-state index contributed by atoms with van der Waals surface area (Å²) >= 11 is 0. The highest BCUT2D eigenvalue weighted by Crippen LogP contribution is 2.35. The molecule has 1 aliphatic rings. The second-order valence-electron chi connectivity index (χ2n) is 5.95. The van der Waals surface area contributed by atoms with E-state index < -0.39 is 30.3 Å². The van der Waals surface area contributed by atoms with Crippen molar-refractivity contribution in [3.8, 4) is 0 Å². The van der Waals surface area contributed by atoms with E-state index in [0.717, 1.165) is 0 Å². The number of aliphatic hydroxyl groups is 1. The summed E-state index contributed by atoms with van der Waals surface area (Å²) in [4.78, 5) is 33.8. The third kappa shape index (κ3) is 5.76. The lowest BCUT2D eigenvalue weighted by Gasteiger charge is -2.45. The Morgan fingerprint density at radius 3 is 2.21 bits per heavy atom. The molecule has 5 atom stereocenters. The van der Waals surface area contributed by atoms with E-state index >= 15 is 0 Å². The van der Waals surface area contributed by atoms with E-state index in [9.17, 15) is 19.5 Å². The first-order valence-electron chi connectivity index (χ1n) is 8.11. The molecule has 2 N–H and O–H groups in total. The highest BCUT2D eigenvalue weighted by Gasteiger charge is 2.46. The molecule has 0 bridgehead atoms. The van der Waals surface area contributed by atoms with Gasteiger partial charge in [0.15, 0.2) is 0 Å². The van der Waals surface area contributed by atoms with Crippen molar-refractivity contribution in [2.24, 2.45) is 11.8 Å².